The van der Waals surface area contributed by atoms with Crippen LogP contribution in [0, 0.1) is 5.92 Å². The van der Waals surface area contributed by atoms with Crippen LogP contribution in [0.2, 0.25) is 0 Å². The fraction of sp³-hybridized carbons (Fsp3) is 0.107. The zero-order valence-electron chi connectivity index (χ0n) is 33.4. The number of aliphatic hydroxyl groups excluding tert-OH is 1. The average molecular weight is 763 g/mol. The highest BCUT2D eigenvalue weighted by atomic mass is 16.3. The van der Waals surface area contributed by atoms with Gasteiger partial charge in [0.2, 0.25) is 0 Å². The molecular formula is C56H46N2O. The summed E-state index contributed by atoms with van der Waals surface area (Å²) in [7, 11) is 0. The Morgan fingerprint density at radius 3 is 1.95 bits per heavy atom. The lowest BCUT2D eigenvalue weighted by Crippen LogP contribution is -2.32. The number of allylic oxidation sites excluding steroid dienone is 3. The van der Waals surface area contributed by atoms with Crippen LogP contribution in [0.1, 0.15) is 31.4 Å². The number of aromatic nitrogens is 1. The van der Waals surface area contributed by atoms with E-state index >= 15 is 0 Å². The summed E-state index contributed by atoms with van der Waals surface area (Å²) in [5.41, 5.74) is 13.1. The molecule has 3 unspecified atom stereocenters. The molecule has 0 spiro atoms. The van der Waals surface area contributed by atoms with Crippen molar-refractivity contribution >= 4 is 43.7 Å². The Morgan fingerprint density at radius 1 is 0.542 bits per heavy atom. The van der Waals surface area contributed by atoms with Crippen molar-refractivity contribution in [2.75, 3.05) is 0 Å². The molecule has 0 saturated carbocycles. The van der Waals surface area contributed by atoms with Crippen LogP contribution >= 0.6 is 0 Å². The molecule has 8 aromatic rings. The molecule has 0 saturated heterocycles. The summed E-state index contributed by atoms with van der Waals surface area (Å²) >= 11 is 0. The van der Waals surface area contributed by atoms with E-state index in [1.165, 1.54) is 77.2 Å². The van der Waals surface area contributed by atoms with Gasteiger partial charge in [0.15, 0.2) is 0 Å². The van der Waals surface area contributed by atoms with Crippen molar-refractivity contribution < 1.29 is 5.11 Å². The van der Waals surface area contributed by atoms with E-state index in [1.54, 1.807) is 0 Å². The molecule has 1 N–H and O–H groups in total. The van der Waals surface area contributed by atoms with Crippen LogP contribution in [-0.4, -0.2) is 26.7 Å². The summed E-state index contributed by atoms with van der Waals surface area (Å²) in [6, 6.07) is 59.4. The molecule has 0 bridgehead atoms. The van der Waals surface area contributed by atoms with Gasteiger partial charge in [-0.15, -0.1) is 0 Å². The van der Waals surface area contributed by atoms with E-state index < -0.39 is 6.10 Å². The lowest BCUT2D eigenvalue weighted by molar-refractivity contribution is 0.223. The van der Waals surface area contributed by atoms with Crippen LogP contribution in [0.15, 0.2) is 212 Å². The van der Waals surface area contributed by atoms with Crippen LogP contribution in [-0.2, 0) is 0 Å². The molecule has 1 aromatic heterocycles. The summed E-state index contributed by atoms with van der Waals surface area (Å²) in [6.45, 7) is 4.00. The van der Waals surface area contributed by atoms with Crippen molar-refractivity contribution in [2.24, 2.45) is 5.92 Å². The maximum Gasteiger partial charge on any atom is 0.0759 e. The Bertz CT molecular complexity index is 3000. The third-order valence-electron chi connectivity index (χ3n) is 12.0. The van der Waals surface area contributed by atoms with Crippen molar-refractivity contribution in [1.29, 1.82) is 0 Å². The molecule has 2 heterocycles. The SMILES string of the molecule is CC.OC1C=CC(N2C(c3cc4ccccc4c4ccccc34)=CC3C=C(c4ccc5cc(-c6ccccc6)n(-c6ccc(-c7ccccc7)cc6)c5c4)C=CC32)=CC1. The first-order valence-electron chi connectivity index (χ1n) is 20.9. The smallest absolute Gasteiger partial charge is 0.0759 e. The van der Waals surface area contributed by atoms with Crippen molar-refractivity contribution in [1.82, 2.24) is 9.47 Å². The van der Waals surface area contributed by atoms with E-state index in [9.17, 15) is 5.11 Å². The van der Waals surface area contributed by atoms with Gasteiger partial charge in [0.05, 0.1) is 23.4 Å². The molecule has 3 atom stereocenters. The van der Waals surface area contributed by atoms with Crippen molar-refractivity contribution in [3.05, 3.63) is 223 Å². The second-order valence-corrected chi connectivity index (χ2v) is 15.4. The standard InChI is InChI=1S/C54H40N2O.C2H6/c57-46-28-26-45(27-29-46)55-51-30-23-39(31-43(51)35-54(55)50-32-41-15-7-8-16-47(41)48-17-9-10-18-49(48)50)40-19-20-42-34-52(38-13-5-2-6-14-38)56(53(42)33-40)44-24-21-37(22-25-44)36-11-3-1-4-12-36;1-2/h1-28,30-35,43,46,51,57H,29H2;1-2H3. The minimum absolute atomic E-state index is 0.112. The van der Waals surface area contributed by atoms with Gasteiger partial charge in [-0.1, -0.05) is 184 Å². The van der Waals surface area contributed by atoms with Crippen molar-refractivity contribution in [2.45, 2.75) is 32.4 Å². The minimum atomic E-state index is -0.451. The van der Waals surface area contributed by atoms with Gasteiger partial charge in [0.25, 0.3) is 0 Å². The van der Waals surface area contributed by atoms with Gasteiger partial charge in [-0.3, -0.25) is 0 Å². The van der Waals surface area contributed by atoms with E-state index in [4.69, 9.17) is 0 Å². The predicted molar refractivity (Wildman–Crippen MR) is 249 cm³/mol. The van der Waals surface area contributed by atoms with E-state index in [0.717, 1.165) is 11.4 Å². The Balaban J connectivity index is 0.00000207. The first-order chi connectivity index (χ1) is 29.2. The number of aliphatic hydroxyl groups is 1. The van der Waals surface area contributed by atoms with Gasteiger partial charge < -0.3 is 14.6 Å². The summed E-state index contributed by atoms with van der Waals surface area (Å²) in [5.74, 6) is 0.152. The number of fused-ring (bicyclic) bond motifs is 5. The van der Waals surface area contributed by atoms with Crippen LogP contribution < -0.4 is 0 Å². The quantitative estimate of drug-likeness (QED) is 0.171. The Hall–Kier alpha value is -6.94. The molecule has 0 radical (unpaired) electrons. The molecule has 1 aliphatic heterocycles. The molecule has 11 rings (SSSR count). The molecule has 7 aromatic carbocycles. The zero-order valence-corrected chi connectivity index (χ0v) is 33.4. The van der Waals surface area contributed by atoms with Gasteiger partial charge in [0, 0.05) is 33.9 Å². The second-order valence-electron chi connectivity index (χ2n) is 15.4. The van der Waals surface area contributed by atoms with Crippen LogP contribution in [0.25, 0.3) is 71.8 Å². The Labute approximate surface area is 346 Å². The van der Waals surface area contributed by atoms with Gasteiger partial charge in [0.1, 0.15) is 0 Å². The van der Waals surface area contributed by atoms with E-state index in [1.807, 2.05) is 19.9 Å². The number of hydrogen-bond acceptors (Lipinski definition) is 2. The summed E-state index contributed by atoms with van der Waals surface area (Å²) < 4.78 is 2.41. The predicted octanol–water partition coefficient (Wildman–Crippen LogP) is 13.8. The molecule has 3 heteroatoms. The normalized spacial score (nSPS) is 18.3. The first kappa shape index (κ1) is 36.4. The maximum atomic E-state index is 10.4. The molecule has 3 aliphatic rings. The van der Waals surface area contributed by atoms with Gasteiger partial charge >= 0.3 is 0 Å². The molecule has 3 nitrogen and oxygen atoms in total. The number of hydrogen-bond donors (Lipinski definition) is 1. The minimum Gasteiger partial charge on any atom is -0.389 e. The second kappa shape index (κ2) is 15.4. The Morgan fingerprint density at radius 2 is 1.20 bits per heavy atom. The van der Waals surface area contributed by atoms with E-state index in [-0.39, 0.29) is 12.0 Å². The summed E-state index contributed by atoms with van der Waals surface area (Å²) in [6.07, 6.45) is 16.0. The van der Waals surface area contributed by atoms with E-state index in [2.05, 4.69) is 210 Å². The number of nitrogens with zero attached hydrogens (tertiary/aromatic N) is 2. The van der Waals surface area contributed by atoms with Crippen molar-refractivity contribution in [3.63, 3.8) is 0 Å². The number of benzene rings is 7. The highest BCUT2D eigenvalue weighted by Crippen LogP contribution is 2.46. The molecule has 0 amide bonds. The average Bonchev–Trinajstić information content (AvgIpc) is 3.89. The summed E-state index contributed by atoms with van der Waals surface area (Å²) in [5, 5.41) is 16.6. The molecule has 59 heavy (non-hydrogen) atoms. The first-order valence-corrected chi connectivity index (χ1v) is 20.9. The lowest BCUT2D eigenvalue weighted by atomic mass is 9.89. The van der Waals surface area contributed by atoms with Crippen LogP contribution in [0.4, 0.5) is 0 Å². The molecule has 0 fully saturated rings. The van der Waals surface area contributed by atoms with Crippen LogP contribution in [0.5, 0.6) is 0 Å². The molecule has 2 aliphatic carbocycles. The summed E-state index contributed by atoms with van der Waals surface area (Å²) in [4.78, 5) is 2.49. The maximum absolute atomic E-state index is 10.4. The van der Waals surface area contributed by atoms with Gasteiger partial charge in [-0.25, -0.2) is 0 Å². The van der Waals surface area contributed by atoms with Crippen LogP contribution in [0.3, 0.4) is 0 Å². The largest absolute Gasteiger partial charge is 0.389 e. The fourth-order valence-corrected chi connectivity index (χ4v) is 9.20. The lowest BCUT2D eigenvalue weighted by Gasteiger charge is -2.34. The zero-order chi connectivity index (χ0) is 39.9. The molecule has 286 valence electrons. The Kier molecular flexibility index (Phi) is 9.52. The van der Waals surface area contributed by atoms with Gasteiger partial charge in [-0.05, 0) is 92.2 Å². The monoisotopic (exact) mass is 762 g/mol. The highest BCUT2D eigenvalue weighted by molar-refractivity contribution is 6.12. The third kappa shape index (κ3) is 6.54. The van der Waals surface area contributed by atoms with Gasteiger partial charge in [-0.2, -0.15) is 0 Å². The fourth-order valence-electron chi connectivity index (χ4n) is 9.20. The number of rotatable bonds is 6. The molecular weight excluding hydrogens is 717 g/mol. The van der Waals surface area contributed by atoms with E-state index in [0.29, 0.717) is 6.42 Å². The topological polar surface area (TPSA) is 28.4 Å². The third-order valence-corrected chi connectivity index (χ3v) is 12.0. The van der Waals surface area contributed by atoms with Crippen molar-refractivity contribution in [3.8, 4) is 28.1 Å². The highest BCUT2D eigenvalue weighted by Gasteiger charge is 2.37.